The number of hydrogen-bond donors (Lipinski definition) is 1. The fraction of sp³-hybridized carbons (Fsp3) is 0.636. The molecule has 1 N–H and O–H groups in total. The van der Waals surface area contributed by atoms with Crippen molar-refractivity contribution in [1.82, 2.24) is 14.9 Å². The monoisotopic (exact) mass is 207 g/mol. The van der Waals surface area contributed by atoms with Crippen molar-refractivity contribution in [3.8, 4) is 0 Å². The Labute approximate surface area is 90.0 Å². The molecule has 0 unspecified atom stereocenters. The maximum absolute atomic E-state index is 9.03. The minimum atomic E-state index is 0.332. The third-order valence-electron chi connectivity index (χ3n) is 2.97. The maximum atomic E-state index is 9.03. The number of piperidine rings is 1. The van der Waals surface area contributed by atoms with Crippen LogP contribution in [0.25, 0.3) is 0 Å². The maximum Gasteiger partial charge on any atom is 0.0726 e. The Bertz CT molecular complexity index is 283. The SMILES string of the molecule is OCC1CCN(Cc2cnccn2)CC1. The molecule has 0 saturated carbocycles. The van der Waals surface area contributed by atoms with E-state index in [0.717, 1.165) is 38.2 Å². The lowest BCUT2D eigenvalue weighted by Gasteiger charge is -2.30. The van der Waals surface area contributed by atoms with E-state index in [1.165, 1.54) is 0 Å². The van der Waals surface area contributed by atoms with E-state index in [9.17, 15) is 0 Å². The highest BCUT2D eigenvalue weighted by Gasteiger charge is 2.18. The van der Waals surface area contributed by atoms with Gasteiger partial charge in [0.2, 0.25) is 0 Å². The predicted molar refractivity (Wildman–Crippen MR) is 57.1 cm³/mol. The Balaban J connectivity index is 1.82. The number of aliphatic hydroxyl groups is 1. The molecule has 0 aliphatic carbocycles. The summed E-state index contributed by atoms with van der Waals surface area (Å²) in [6, 6.07) is 0. The fourth-order valence-electron chi connectivity index (χ4n) is 1.97. The van der Waals surface area contributed by atoms with Gasteiger partial charge in [0.1, 0.15) is 0 Å². The average molecular weight is 207 g/mol. The summed E-state index contributed by atoms with van der Waals surface area (Å²) in [7, 11) is 0. The number of aromatic nitrogens is 2. The number of nitrogens with zero attached hydrogens (tertiary/aromatic N) is 3. The van der Waals surface area contributed by atoms with Crippen LogP contribution in [0.4, 0.5) is 0 Å². The van der Waals surface area contributed by atoms with E-state index in [1.807, 2.05) is 6.20 Å². The average Bonchev–Trinajstić information content (AvgIpc) is 2.31. The molecule has 0 aromatic carbocycles. The Morgan fingerprint density at radius 1 is 1.33 bits per heavy atom. The normalized spacial score (nSPS) is 19.3. The summed E-state index contributed by atoms with van der Waals surface area (Å²) < 4.78 is 0. The van der Waals surface area contributed by atoms with Gasteiger partial charge in [-0.05, 0) is 31.8 Å². The van der Waals surface area contributed by atoms with Crippen LogP contribution in [-0.4, -0.2) is 39.7 Å². The summed E-state index contributed by atoms with van der Waals surface area (Å²) in [5.74, 6) is 0.503. The molecule has 2 heterocycles. The predicted octanol–water partition coefficient (Wildman–Crippen LogP) is 0.681. The van der Waals surface area contributed by atoms with Gasteiger partial charge in [-0.2, -0.15) is 0 Å². The molecule has 2 rings (SSSR count). The lowest BCUT2D eigenvalue weighted by atomic mass is 9.98. The Kier molecular flexibility index (Phi) is 3.64. The standard InChI is InChI=1S/C11H17N3O/c15-9-10-1-5-14(6-2-10)8-11-7-12-3-4-13-11/h3-4,7,10,15H,1-2,5-6,8-9H2. The van der Waals surface area contributed by atoms with Crippen molar-refractivity contribution in [3.63, 3.8) is 0 Å². The van der Waals surface area contributed by atoms with Gasteiger partial charge in [-0.25, -0.2) is 0 Å². The molecule has 0 bridgehead atoms. The van der Waals surface area contributed by atoms with Crippen LogP contribution in [0.15, 0.2) is 18.6 Å². The third-order valence-corrected chi connectivity index (χ3v) is 2.97. The first-order valence-electron chi connectivity index (χ1n) is 5.46. The van der Waals surface area contributed by atoms with Crippen LogP contribution in [0.1, 0.15) is 18.5 Å². The lowest BCUT2D eigenvalue weighted by molar-refractivity contribution is 0.126. The minimum absolute atomic E-state index is 0.332. The highest BCUT2D eigenvalue weighted by Crippen LogP contribution is 2.17. The molecule has 0 amide bonds. The minimum Gasteiger partial charge on any atom is -0.396 e. The second-order valence-electron chi connectivity index (χ2n) is 4.10. The largest absolute Gasteiger partial charge is 0.396 e. The van der Waals surface area contributed by atoms with Gasteiger partial charge in [-0.3, -0.25) is 14.9 Å². The van der Waals surface area contributed by atoms with E-state index in [-0.39, 0.29) is 0 Å². The number of hydrogen-bond acceptors (Lipinski definition) is 4. The lowest BCUT2D eigenvalue weighted by Crippen LogP contribution is -2.34. The molecule has 1 aliphatic rings. The van der Waals surface area contributed by atoms with Crippen LogP contribution < -0.4 is 0 Å². The van der Waals surface area contributed by atoms with Crippen LogP contribution in [-0.2, 0) is 6.54 Å². The molecule has 0 atom stereocenters. The molecule has 0 radical (unpaired) electrons. The Hall–Kier alpha value is -1.00. The van der Waals surface area contributed by atoms with E-state index in [2.05, 4.69) is 14.9 Å². The molecule has 15 heavy (non-hydrogen) atoms. The van der Waals surface area contributed by atoms with Gasteiger partial charge in [-0.1, -0.05) is 0 Å². The Morgan fingerprint density at radius 2 is 2.13 bits per heavy atom. The second-order valence-corrected chi connectivity index (χ2v) is 4.10. The van der Waals surface area contributed by atoms with Crippen molar-refractivity contribution in [1.29, 1.82) is 0 Å². The highest BCUT2D eigenvalue weighted by molar-refractivity contribution is 4.94. The van der Waals surface area contributed by atoms with Crippen molar-refractivity contribution < 1.29 is 5.11 Å². The molecule has 1 aromatic rings. The van der Waals surface area contributed by atoms with Crippen LogP contribution >= 0.6 is 0 Å². The van der Waals surface area contributed by atoms with E-state index < -0.39 is 0 Å². The molecule has 1 saturated heterocycles. The summed E-state index contributed by atoms with van der Waals surface area (Å²) in [6.45, 7) is 3.33. The van der Waals surface area contributed by atoms with Crippen molar-refractivity contribution in [2.45, 2.75) is 19.4 Å². The summed E-state index contributed by atoms with van der Waals surface area (Å²) in [5, 5.41) is 9.03. The zero-order valence-electron chi connectivity index (χ0n) is 8.84. The molecule has 4 heteroatoms. The van der Waals surface area contributed by atoms with Crippen LogP contribution in [0.3, 0.4) is 0 Å². The van der Waals surface area contributed by atoms with Crippen molar-refractivity contribution in [2.24, 2.45) is 5.92 Å². The molecular weight excluding hydrogens is 190 g/mol. The summed E-state index contributed by atoms with van der Waals surface area (Å²) in [6.07, 6.45) is 7.43. The fourth-order valence-corrected chi connectivity index (χ4v) is 1.97. The van der Waals surface area contributed by atoms with Gasteiger partial charge in [0.15, 0.2) is 0 Å². The first kappa shape index (κ1) is 10.5. The van der Waals surface area contributed by atoms with E-state index in [4.69, 9.17) is 5.11 Å². The molecule has 1 aliphatic heterocycles. The van der Waals surface area contributed by atoms with Crippen molar-refractivity contribution in [3.05, 3.63) is 24.3 Å². The van der Waals surface area contributed by atoms with Gasteiger partial charge in [0.05, 0.1) is 5.69 Å². The van der Waals surface area contributed by atoms with Gasteiger partial charge >= 0.3 is 0 Å². The number of likely N-dealkylation sites (tertiary alicyclic amines) is 1. The van der Waals surface area contributed by atoms with Crippen LogP contribution in [0, 0.1) is 5.92 Å². The third kappa shape index (κ3) is 2.97. The smallest absolute Gasteiger partial charge is 0.0726 e. The zero-order chi connectivity index (χ0) is 10.5. The number of aliphatic hydroxyl groups excluding tert-OH is 1. The number of rotatable bonds is 3. The topological polar surface area (TPSA) is 49.2 Å². The van der Waals surface area contributed by atoms with Gasteiger partial charge < -0.3 is 5.11 Å². The first-order valence-corrected chi connectivity index (χ1v) is 5.46. The van der Waals surface area contributed by atoms with Gasteiger partial charge in [-0.15, -0.1) is 0 Å². The van der Waals surface area contributed by atoms with Crippen LogP contribution in [0.5, 0.6) is 0 Å². The van der Waals surface area contributed by atoms with E-state index in [1.54, 1.807) is 12.4 Å². The highest BCUT2D eigenvalue weighted by atomic mass is 16.3. The van der Waals surface area contributed by atoms with Gasteiger partial charge in [0, 0.05) is 31.7 Å². The molecular formula is C11H17N3O. The zero-order valence-corrected chi connectivity index (χ0v) is 8.84. The van der Waals surface area contributed by atoms with Crippen molar-refractivity contribution in [2.75, 3.05) is 19.7 Å². The summed E-state index contributed by atoms with van der Waals surface area (Å²) in [5.41, 5.74) is 1.03. The molecule has 1 aromatic heterocycles. The van der Waals surface area contributed by atoms with E-state index >= 15 is 0 Å². The molecule has 0 spiro atoms. The molecule has 82 valence electrons. The van der Waals surface area contributed by atoms with Gasteiger partial charge in [0.25, 0.3) is 0 Å². The van der Waals surface area contributed by atoms with E-state index in [0.29, 0.717) is 12.5 Å². The van der Waals surface area contributed by atoms with Crippen LogP contribution in [0.2, 0.25) is 0 Å². The first-order chi connectivity index (χ1) is 7.38. The quantitative estimate of drug-likeness (QED) is 0.792. The van der Waals surface area contributed by atoms with Crippen molar-refractivity contribution >= 4 is 0 Å². The second kappa shape index (κ2) is 5.19. The molecule has 1 fully saturated rings. The summed E-state index contributed by atoms with van der Waals surface area (Å²) in [4.78, 5) is 10.7. The summed E-state index contributed by atoms with van der Waals surface area (Å²) >= 11 is 0. The molecule has 4 nitrogen and oxygen atoms in total. The Morgan fingerprint density at radius 3 is 2.73 bits per heavy atom.